The molecule has 0 aliphatic carbocycles. The summed E-state index contributed by atoms with van der Waals surface area (Å²) in [6.07, 6.45) is 6.56. The van der Waals surface area contributed by atoms with Gasteiger partial charge >= 0.3 is 0 Å². The van der Waals surface area contributed by atoms with Crippen LogP contribution in [0.4, 0.5) is 10.1 Å². The van der Waals surface area contributed by atoms with E-state index in [-0.39, 0.29) is 11.6 Å². The lowest BCUT2D eigenvalue weighted by molar-refractivity contribution is 0.101. The number of hydrogen-bond acceptors (Lipinski definition) is 4. The standard InChI is InChI=1S/C26H34FN3O/c1-3-26(29-25-7-4-6-23(19-25)20(2)31)28-14-5-15-30-16-12-22(13-17-30)18-21-8-10-24(27)11-9-21/h3-4,6-11,19,22,28-29H,5,12-18H2,1-2H3/b26-3-. The zero-order chi connectivity index (χ0) is 22.1. The normalized spacial score (nSPS) is 15.6. The first-order chi connectivity index (χ1) is 15.0. The van der Waals surface area contributed by atoms with Crippen LogP contribution in [-0.4, -0.2) is 36.9 Å². The fourth-order valence-corrected chi connectivity index (χ4v) is 4.08. The molecule has 1 aliphatic heterocycles. The number of nitrogens with one attached hydrogen (secondary N) is 2. The molecule has 0 saturated carbocycles. The molecule has 0 amide bonds. The number of anilines is 1. The Hall–Kier alpha value is -2.66. The summed E-state index contributed by atoms with van der Waals surface area (Å²) in [5.41, 5.74) is 2.86. The third kappa shape index (κ3) is 7.51. The first kappa shape index (κ1) is 23.0. The Kier molecular flexibility index (Phi) is 8.65. The van der Waals surface area contributed by atoms with E-state index in [2.05, 4.69) is 15.5 Å². The number of nitrogens with zero attached hydrogens (tertiary/aromatic N) is 1. The number of carbonyl (C=O) groups excluding carboxylic acids is 1. The number of rotatable bonds is 10. The van der Waals surface area contributed by atoms with E-state index in [0.717, 1.165) is 50.5 Å². The van der Waals surface area contributed by atoms with Crippen LogP contribution in [0.15, 0.2) is 60.4 Å². The molecule has 0 unspecified atom stereocenters. The predicted molar refractivity (Wildman–Crippen MR) is 126 cm³/mol. The van der Waals surface area contributed by atoms with Crippen molar-refractivity contribution in [2.24, 2.45) is 5.92 Å². The summed E-state index contributed by atoms with van der Waals surface area (Å²) in [7, 11) is 0. The minimum Gasteiger partial charge on any atom is -0.372 e. The molecule has 0 spiro atoms. The Morgan fingerprint density at radius 3 is 2.58 bits per heavy atom. The van der Waals surface area contributed by atoms with Crippen LogP contribution < -0.4 is 10.6 Å². The average molecular weight is 424 g/mol. The van der Waals surface area contributed by atoms with E-state index in [1.165, 1.54) is 18.4 Å². The Labute approximate surface area is 185 Å². The molecule has 5 heteroatoms. The van der Waals surface area contributed by atoms with Gasteiger partial charge in [0.2, 0.25) is 0 Å². The molecule has 1 fully saturated rings. The van der Waals surface area contributed by atoms with Crippen LogP contribution in [0.5, 0.6) is 0 Å². The molecular formula is C26H34FN3O. The Bertz CT molecular complexity index is 870. The van der Waals surface area contributed by atoms with Gasteiger partial charge in [-0.3, -0.25) is 4.79 Å². The average Bonchev–Trinajstić information content (AvgIpc) is 2.78. The number of carbonyl (C=O) groups is 1. The summed E-state index contributed by atoms with van der Waals surface area (Å²) < 4.78 is 13.1. The zero-order valence-corrected chi connectivity index (χ0v) is 18.7. The minimum absolute atomic E-state index is 0.0695. The van der Waals surface area contributed by atoms with Crippen LogP contribution in [0.2, 0.25) is 0 Å². The van der Waals surface area contributed by atoms with Crippen molar-refractivity contribution in [3.05, 3.63) is 77.4 Å². The van der Waals surface area contributed by atoms with Crippen molar-refractivity contribution >= 4 is 11.5 Å². The summed E-state index contributed by atoms with van der Waals surface area (Å²) >= 11 is 0. The van der Waals surface area contributed by atoms with Crippen LogP contribution in [0.25, 0.3) is 0 Å². The molecule has 0 bridgehead atoms. The largest absolute Gasteiger partial charge is 0.372 e. The second kappa shape index (κ2) is 11.7. The van der Waals surface area contributed by atoms with Crippen molar-refractivity contribution in [1.29, 1.82) is 0 Å². The lowest BCUT2D eigenvalue weighted by Gasteiger charge is -2.32. The topological polar surface area (TPSA) is 44.4 Å². The van der Waals surface area contributed by atoms with Gasteiger partial charge in [0.05, 0.1) is 5.82 Å². The molecule has 2 N–H and O–H groups in total. The molecule has 1 heterocycles. The lowest BCUT2D eigenvalue weighted by Crippen LogP contribution is -2.36. The monoisotopic (exact) mass is 423 g/mol. The van der Waals surface area contributed by atoms with E-state index >= 15 is 0 Å². The van der Waals surface area contributed by atoms with E-state index in [4.69, 9.17) is 0 Å². The molecule has 1 aliphatic rings. The lowest BCUT2D eigenvalue weighted by atomic mass is 9.90. The molecule has 166 valence electrons. The summed E-state index contributed by atoms with van der Waals surface area (Å²) in [4.78, 5) is 14.1. The molecule has 4 nitrogen and oxygen atoms in total. The highest BCUT2D eigenvalue weighted by Gasteiger charge is 2.19. The molecule has 2 aromatic rings. The van der Waals surface area contributed by atoms with Gasteiger partial charge in [0.15, 0.2) is 5.78 Å². The summed E-state index contributed by atoms with van der Waals surface area (Å²) in [5.74, 6) is 1.57. The summed E-state index contributed by atoms with van der Waals surface area (Å²) in [6, 6.07) is 14.5. The second-order valence-electron chi connectivity index (χ2n) is 8.36. The van der Waals surface area contributed by atoms with Gasteiger partial charge in [-0.25, -0.2) is 4.39 Å². The molecular weight excluding hydrogens is 389 g/mol. The first-order valence-corrected chi connectivity index (χ1v) is 11.3. The van der Waals surface area contributed by atoms with Crippen molar-refractivity contribution in [2.45, 2.75) is 39.5 Å². The quantitative estimate of drug-likeness (QED) is 0.405. The maximum Gasteiger partial charge on any atom is 0.159 e. The van der Waals surface area contributed by atoms with Crippen molar-refractivity contribution in [3.8, 4) is 0 Å². The third-order valence-corrected chi connectivity index (χ3v) is 5.95. The SMILES string of the molecule is C/C=C(/NCCCN1CCC(Cc2ccc(F)cc2)CC1)Nc1cccc(C(C)=O)c1. The van der Waals surface area contributed by atoms with Crippen molar-refractivity contribution in [3.63, 3.8) is 0 Å². The van der Waals surface area contributed by atoms with Crippen LogP contribution in [0.1, 0.15) is 49.0 Å². The fourth-order valence-electron chi connectivity index (χ4n) is 4.08. The fraction of sp³-hybridized carbons (Fsp3) is 0.423. The third-order valence-electron chi connectivity index (χ3n) is 5.95. The number of piperidine rings is 1. The molecule has 2 aromatic carbocycles. The molecule has 3 rings (SSSR count). The highest BCUT2D eigenvalue weighted by Crippen LogP contribution is 2.22. The van der Waals surface area contributed by atoms with Gasteiger partial charge in [0.1, 0.15) is 5.82 Å². The summed E-state index contributed by atoms with van der Waals surface area (Å²) in [5, 5.41) is 6.82. The van der Waals surface area contributed by atoms with Gasteiger partial charge in [-0.1, -0.05) is 24.3 Å². The van der Waals surface area contributed by atoms with E-state index in [9.17, 15) is 9.18 Å². The number of allylic oxidation sites excluding steroid dienone is 1. The van der Waals surface area contributed by atoms with Gasteiger partial charge in [0.25, 0.3) is 0 Å². The number of ketones is 1. The molecule has 31 heavy (non-hydrogen) atoms. The van der Waals surface area contributed by atoms with E-state index < -0.39 is 0 Å². The van der Waals surface area contributed by atoms with E-state index in [0.29, 0.717) is 11.5 Å². The highest BCUT2D eigenvalue weighted by molar-refractivity contribution is 5.94. The Balaban J connectivity index is 1.33. The number of halogens is 1. The minimum atomic E-state index is -0.159. The molecule has 0 radical (unpaired) electrons. The summed E-state index contributed by atoms with van der Waals surface area (Å²) in [6.45, 7) is 7.84. The number of Topliss-reactive ketones (excluding diaryl/α,β-unsaturated/α-hetero) is 1. The van der Waals surface area contributed by atoms with Crippen LogP contribution in [0.3, 0.4) is 0 Å². The molecule has 0 atom stereocenters. The van der Waals surface area contributed by atoms with Crippen LogP contribution in [-0.2, 0) is 6.42 Å². The van der Waals surface area contributed by atoms with Gasteiger partial charge in [-0.2, -0.15) is 0 Å². The van der Waals surface area contributed by atoms with E-state index in [1.807, 2.05) is 49.4 Å². The Morgan fingerprint density at radius 1 is 1.16 bits per heavy atom. The van der Waals surface area contributed by atoms with Gasteiger partial charge < -0.3 is 15.5 Å². The maximum absolute atomic E-state index is 13.1. The zero-order valence-electron chi connectivity index (χ0n) is 18.7. The number of benzene rings is 2. The molecule has 1 saturated heterocycles. The number of likely N-dealkylation sites (tertiary alicyclic amines) is 1. The highest BCUT2D eigenvalue weighted by atomic mass is 19.1. The maximum atomic E-state index is 13.1. The Morgan fingerprint density at radius 2 is 1.90 bits per heavy atom. The van der Waals surface area contributed by atoms with Crippen molar-refractivity contribution in [2.75, 3.05) is 31.5 Å². The number of hydrogen-bond donors (Lipinski definition) is 2. The van der Waals surface area contributed by atoms with Crippen molar-refractivity contribution < 1.29 is 9.18 Å². The van der Waals surface area contributed by atoms with E-state index in [1.54, 1.807) is 19.1 Å². The predicted octanol–water partition coefficient (Wildman–Crippen LogP) is 5.24. The second-order valence-corrected chi connectivity index (χ2v) is 8.36. The smallest absolute Gasteiger partial charge is 0.159 e. The molecule has 0 aromatic heterocycles. The van der Waals surface area contributed by atoms with Gasteiger partial charge in [-0.05, 0) is 101 Å². The van der Waals surface area contributed by atoms with Gasteiger partial charge in [0, 0.05) is 17.8 Å². The van der Waals surface area contributed by atoms with Crippen LogP contribution in [0, 0.1) is 11.7 Å². The van der Waals surface area contributed by atoms with Gasteiger partial charge in [-0.15, -0.1) is 0 Å². The van der Waals surface area contributed by atoms with Crippen molar-refractivity contribution in [1.82, 2.24) is 10.2 Å². The first-order valence-electron chi connectivity index (χ1n) is 11.3. The van der Waals surface area contributed by atoms with Crippen LogP contribution >= 0.6 is 0 Å².